The third kappa shape index (κ3) is 3.64. The lowest BCUT2D eigenvalue weighted by molar-refractivity contribution is -0.122. The number of aromatic nitrogens is 1. The van der Waals surface area contributed by atoms with E-state index < -0.39 is 0 Å². The molecule has 2 fully saturated rings. The third-order valence-corrected chi connectivity index (χ3v) is 5.78. The molecule has 28 heavy (non-hydrogen) atoms. The summed E-state index contributed by atoms with van der Waals surface area (Å²) in [7, 11) is 0. The number of carbonyl (C=O) groups is 2. The Morgan fingerprint density at radius 2 is 1.86 bits per heavy atom. The fourth-order valence-corrected chi connectivity index (χ4v) is 4.14. The molecular formula is C20H23ClN4O3. The second kappa shape index (κ2) is 7.93. The number of ether oxygens (including phenoxy) is 1. The van der Waals surface area contributed by atoms with Crippen LogP contribution < -0.4 is 10.6 Å². The van der Waals surface area contributed by atoms with Crippen LogP contribution in [0.15, 0.2) is 24.4 Å². The van der Waals surface area contributed by atoms with Crippen LogP contribution in [0.1, 0.15) is 23.2 Å². The molecule has 0 saturated carbocycles. The molecule has 2 aromatic rings. The summed E-state index contributed by atoms with van der Waals surface area (Å²) in [6.07, 6.45) is 3.00. The van der Waals surface area contributed by atoms with Gasteiger partial charge in [-0.25, -0.2) is 0 Å². The van der Waals surface area contributed by atoms with E-state index in [4.69, 9.17) is 22.1 Å². The summed E-state index contributed by atoms with van der Waals surface area (Å²) in [5, 5.41) is 1.45. The number of primary amides is 1. The SMILES string of the molecule is NC(=O)C1CCN(c2c(C(=O)N3CCOCC3)cnc3ccc(Cl)cc23)CC1. The Bertz CT molecular complexity index is 906. The van der Waals surface area contributed by atoms with E-state index in [0.29, 0.717) is 62.8 Å². The number of rotatable bonds is 3. The summed E-state index contributed by atoms with van der Waals surface area (Å²) < 4.78 is 5.37. The lowest BCUT2D eigenvalue weighted by Gasteiger charge is -2.35. The molecule has 0 atom stereocenters. The van der Waals surface area contributed by atoms with Crippen molar-refractivity contribution >= 4 is 40.0 Å². The molecule has 0 unspecified atom stereocenters. The fraction of sp³-hybridized carbons (Fsp3) is 0.450. The van der Waals surface area contributed by atoms with Crippen molar-refractivity contribution in [1.29, 1.82) is 0 Å². The van der Waals surface area contributed by atoms with Crippen LogP contribution in [-0.2, 0) is 9.53 Å². The minimum Gasteiger partial charge on any atom is -0.378 e. The van der Waals surface area contributed by atoms with E-state index in [9.17, 15) is 9.59 Å². The number of pyridine rings is 1. The van der Waals surface area contributed by atoms with Gasteiger partial charge in [-0.15, -0.1) is 0 Å². The first-order valence-electron chi connectivity index (χ1n) is 9.54. The smallest absolute Gasteiger partial charge is 0.257 e. The molecule has 0 spiro atoms. The molecule has 3 heterocycles. The molecule has 1 aromatic heterocycles. The average Bonchev–Trinajstić information content (AvgIpc) is 2.73. The first-order valence-corrected chi connectivity index (χ1v) is 9.92. The van der Waals surface area contributed by atoms with E-state index in [0.717, 1.165) is 16.6 Å². The summed E-state index contributed by atoms with van der Waals surface area (Å²) in [5.74, 6) is -0.428. The van der Waals surface area contributed by atoms with Gasteiger partial charge in [-0.1, -0.05) is 11.6 Å². The van der Waals surface area contributed by atoms with Crippen LogP contribution in [0.3, 0.4) is 0 Å². The molecule has 4 rings (SSSR count). The number of nitrogens with zero attached hydrogens (tertiary/aromatic N) is 3. The number of morpholine rings is 1. The van der Waals surface area contributed by atoms with Crippen molar-refractivity contribution in [2.45, 2.75) is 12.8 Å². The molecule has 0 aliphatic carbocycles. The highest BCUT2D eigenvalue weighted by molar-refractivity contribution is 6.31. The molecule has 0 radical (unpaired) electrons. The largest absolute Gasteiger partial charge is 0.378 e. The zero-order valence-corrected chi connectivity index (χ0v) is 16.3. The number of hydrogen-bond donors (Lipinski definition) is 1. The fourth-order valence-electron chi connectivity index (χ4n) is 3.97. The number of nitrogens with two attached hydrogens (primary N) is 1. The van der Waals surface area contributed by atoms with E-state index in [1.807, 2.05) is 12.1 Å². The Balaban J connectivity index is 1.75. The van der Waals surface area contributed by atoms with Gasteiger partial charge >= 0.3 is 0 Å². The van der Waals surface area contributed by atoms with Crippen LogP contribution in [0, 0.1) is 5.92 Å². The maximum absolute atomic E-state index is 13.3. The zero-order chi connectivity index (χ0) is 19.7. The van der Waals surface area contributed by atoms with Gasteiger partial charge in [0.25, 0.3) is 5.91 Å². The van der Waals surface area contributed by atoms with E-state index in [2.05, 4.69) is 9.88 Å². The number of hydrogen-bond acceptors (Lipinski definition) is 5. The minimum absolute atomic E-state index is 0.0512. The van der Waals surface area contributed by atoms with Gasteiger partial charge in [0.15, 0.2) is 0 Å². The summed E-state index contributed by atoms with van der Waals surface area (Å²) >= 11 is 6.26. The van der Waals surface area contributed by atoms with E-state index >= 15 is 0 Å². The second-order valence-electron chi connectivity index (χ2n) is 7.25. The predicted octanol–water partition coefficient (Wildman–Crippen LogP) is 2.06. The van der Waals surface area contributed by atoms with E-state index in [-0.39, 0.29) is 17.7 Å². The van der Waals surface area contributed by atoms with Gasteiger partial charge in [-0.2, -0.15) is 0 Å². The highest BCUT2D eigenvalue weighted by atomic mass is 35.5. The van der Waals surface area contributed by atoms with Gasteiger partial charge in [0.1, 0.15) is 0 Å². The number of anilines is 1. The number of carbonyl (C=O) groups excluding carboxylic acids is 2. The summed E-state index contributed by atoms with van der Waals surface area (Å²) in [4.78, 5) is 33.3. The van der Waals surface area contributed by atoms with Crippen LogP contribution in [-0.4, -0.2) is 61.1 Å². The molecular weight excluding hydrogens is 380 g/mol. The van der Waals surface area contributed by atoms with Crippen molar-refractivity contribution in [1.82, 2.24) is 9.88 Å². The Labute approximate surface area is 168 Å². The van der Waals surface area contributed by atoms with E-state index in [1.165, 1.54) is 0 Å². The average molecular weight is 403 g/mol. The normalized spacial score (nSPS) is 18.5. The number of fused-ring (bicyclic) bond motifs is 1. The second-order valence-corrected chi connectivity index (χ2v) is 7.69. The van der Waals surface area contributed by atoms with Crippen molar-refractivity contribution in [2.24, 2.45) is 11.7 Å². The molecule has 148 valence electrons. The van der Waals surface area contributed by atoms with Crippen molar-refractivity contribution in [3.63, 3.8) is 0 Å². The molecule has 8 heteroatoms. The number of halogens is 1. The third-order valence-electron chi connectivity index (χ3n) is 5.54. The molecule has 2 aliphatic heterocycles. The van der Waals surface area contributed by atoms with Crippen molar-refractivity contribution in [2.75, 3.05) is 44.3 Å². The first-order chi connectivity index (χ1) is 13.5. The highest BCUT2D eigenvalue weighted by Gasteiger charge is 2.29. The van der Waals surface area contributed by atoms with Gasteiger partial charge in [0, 0.05) is 48.7 Å². The molecule has 0 bridgehead atoms. The maximum Gasteiger partial charge on any atom is 0.257 e. The lowest BCUT2D eigenvalue weighted by atomic mass is 9.94. The standard InChI is InChI=1S/C20H23ClN4O3/c21-14-1-2-17-15(11-14)18(24-5-3-13(4-6-24)19(22)26)16(12-23-17)20(27)25-7-9-28-10-8-25/h1-2,11-13H,3-10H2,(H2,22,26). The van der Waals surface area contributed by atoms with Crippen LogP contribution in [0.5, 0.6) is 0 Å². The van der Waals surface area contributed by atoms with Crippen LogP contribution in [0.25, 0.3) is 10.9 Å². The van der Waals surface area contributed by atoms with Crippen LogP contribution >= 0.6 is 11.6 Å². The van der Waals surface area contributed by atoms with Crippen LogP contribution in [0.2, 0.25) is 5.02 Å². The van der Waals surface area contributed by atoms with Gasteiger partial charge in [0.05, 0.1) is 30.0 Å². The molecule has 2 N–H and O–H groups in total. The van der Waals surface area contributed by atoms with Gasteiger partial charge < -0.3 is 20.3 Å². The molecule has 7 nitrogen and oxygen atoms in total. The summed E-state index contributed by atoms with van der Waals surface area (Å²) in [5.41, 5.74) is 7.67. The number of piperidine rings is 1. The Morgan fingerprint density at radius 3 is 2.54 bits per heavy atom. The van der Waals surface area contributed by atoms with Crippen molar-refractivity contribution < 1.29 is 14.3 Å². The number of amides is 2. The molecule has 2 saturated heterocycles. The summed E-state index contributed by atoms with van der Waals surface area (Å²) in [6.45, 7) is 3.52. The van der Waals surface area contributed by atoms with Gasteiger partial charge in [-0.3, -0.25) is 14.6 Å². The van der Waals surface area contributed by atoms with Crippen molar-refractivity contribution in [3.05, 3.63) is 35.0 Å². The molecule has 1 aromatic carbocycles. The van der Waals surface area contributed by atoms with Gasteiger partial charge in [0.2, 0.25) is 5.91 Å². The van der Waals surface area contributed by atoms with Crippen LogP contribution in [0.4, 0.5) is 5.69 Å². The van der Waals surface area contributed by atoms with E-state index in [1.54, 1.807) is 17.2 Å². The number of benzene rings is 1. The first kappa shape index (κ1) is 19.0. The minimum atomic E-state index is -0.258. The summed E-state index contributed by atoms with van der Waals surface area (Å²) in [6, 6.07) is 5.51. The Hall–Kier alpha value is -2.38. The Kier molecular flexibility index (Phi) is 5.37. The monoisotopic (exact) mass is 402 g/mol. The lowest BCUT2D eigenvalue weighted by Crippen LogP contribution is -2.43. The maximum atomic E-state index is 13.3. The highest BCUT2D eigenvalue weighted by Crippen LogP contribution is 2.35. The van der Waals surface area contributed by atoms with Crippen molar-refractivity contribution in [3.8, 4) is 0 Å². The quantitative estimate of drug-likeness (QED) is 0.848. The zero-order valence-electron chi connectivity index (χ0n) is 15.6. The molecule has 2 aliphatic rings. The Morgan fingerprint density at radius 1 is 1.14 bits per heavy atom. The topological polar surface area (TPSA) is 88.8 Å². The molecule has 2 amide bonds. The predicted molar refractivity (Wildman–Crippen MR) is 108 cm³/mol. The van der Waals surface area contributed by atoms with Gasteiger partial charge in [-0.05, 0) is 31.0 Å².